The van der Waals surface area contributed by atoms with Gasteiger partial charge in [-0.3, -0.25) is 4.79 Å². The first-order valence-corrected chi connectivity index (χ1v) is 8.59. The zero-order chi connectivity index (χ0) is 16.5. The maximum atomic E-state index is 12.0. The van der Waals surface area contributed by atoms with Crippen molar-refractivity contribution in [3.8, 4) is 0 Å². The van der Waals surface area contributed by atoms with Crippen LogP contribution in [-0.2, 0) is 16.1 Å². The molecule has 1 aromatic rings. The molecule has 1 aliphatic rings. The fraction of sp³-hybridized carbons (Fsp3) is 0.611. The van der Waals surface area contributed by atoms with Crippen LogP contribution >= 0.6 is 0 Å². The van der Waals surface area contributed by atoms with Gasteiger partial charge >= 0.3 is 0 Å². The summed E-state index contributed by atoms with van der Waals surface area (Å²) >= 11 is 0. The summed E-state index contributed by atoms with van der Waals surface area (Å²) in [4.78, 5) is 12.0. The smallest absolute Gasteiger partial charge is 0.244 e. The zero-order valence-electron chi connectivity index (χ0n) is 13.9. The van der Waals surface area contributed by atoms with Gasteiger partial charge in [0.05, 0.1) is 12.7 Å². The van der Waals surface area contributed by atoms with E-state index in [0.29, 0.717) is 19.6 Å². The number of benzene rings is 1. The molecule has 5 heteroatoms. The molecular weight excluding hydrogens is 292 g/mol. The predicted octanol–water partition coefficient (Wildman–Crippen LogP) is 2.44. The third kappa shape index (κ3) is 5.94. The molecule has 3 N–H and O–H groups in total. The summed E-state index contributed by atoms with van der Waals surface area (Å²) in [6.07, 6.45) is 4.85. The fourth-order valence-corrected chi connectivity index (χ4v) is 2.68. The third-order valence-electron chi connectivity index (χ3n) is 4.10. The lowest BCUT2D eigenvalue weighted by molar-refractivity contribution is -0.119. The van der Waals surface area contributed by atoms with Crippen LogP contribution in [0.25, 0.3) is 0 Å². The van der Waals surface area contributed by atoms with Gasteiger partial charge in [-0.1, -0.05) is 38.3 Å². The molecule has 5 nitrogen and oxygen atoms in total. The predicted molar refractivity (Wildman–Crippen MR) is 91.3 cm³/mol. The van der Waals surface area contributed by atoms with Crippen molar-refractivity contribution in [1.82, 2.24) is 5.32 Å². The summed E-state index contributed by atoms with van der Waals surface area (Å²) in [5.41, 5.74) is 1.83. The maximum absolute atomic E-state index is 12.0. The highest BCUT2D eigenvalue weighted by atomic mass is 16.5. The second-order valence-electron chi connectivity index (χ2n) is 6.09. The van der Waals surface area contributed by atoms with Gasteiger partial charge in [0.25, 0.3) is 0 Å². The molecule has 1 fully saturated rings. The minimum atomic E-state index is -0.601. The third-order valence-corrected chi connectivity index (χ3v) is 4.10. The Morgan fingerprint density at radius 1 is 1.30 bits per heavy atom. The summed E-state index contributed by atoms with van der Waals surface area (Å²) in [7, 11) is 0. The first kappa shape index (κ1) is 17.9. The van der Waals surface area contributed by atoms with Crippen LogP contribution < -0.4 is 10.6 Å². The van der Waals surface area contributed by atoms with Crippen molar-refractivity contribution in [2.24, 2.45) is 0 Å². The number of aliphatic hydroxyl groups excluding tert-OH is 1. The average molecular weight is 320 g/mol. The molecule has 0 aliphatic carbocycles. The molecular formula is C18H28N2O3. The van der Waals surface area contributed by atoms with Crippen LogP contribution in [0.2, 0.25) is 0 Å². The van der Waals surface area contributed by atoms with E-state index in [0.717, 1.165) is 24.3 Å². The molecule has 2 atom stereocenters. The molecule has 0 aromatic heterocycles. The number of aliphatic hydroxyl groups is 1. The van der Waals surface area contributed by atoms with E-state index in [1.807, 2.05) is 24.3 Å². The largest absolute Gasteiger partial charge is 0.391 e. The van der Waals surface area contributed by atoms with Crippen molar-refractivity contribution in [2.45, 2.75) is 57.8 Å². The van der Waals surface area contributed by atoms with E-state index >= 15 is 0 Å². The van der Waals surface area contributed by atoms with Crippen molar-refractivity contribution >= 4 is 11.6 Å². The highest BCUT2D eigenvalue weighted by molar-refractivity contribution is 5.95. The number of carbonyl (C=O) groups is 1. The first-order chi connectivity index (χ1) is 11.2. The van der Waals surface area contributed by atoms with E-state index in [4.69, 9.17) is 4.74 Å². The molecule has 1 aliphatic heterocycles. The summed E-state index contributed by atoms with van der Waals surface area (Å²) < 4.78 is 5.65. The van der Waals surface area contributed by atoms with Gasteiger partial charge < -0.3 is 20.5 Å². The van der Waals surface area contributed by atoms with Gasteiger partial charge in [-0.2, -0.15) is 0 Å². The Balaban J connectivity index is 1.70. The molecule has 1 heterocycles. The lowest BCUT2D eigenvalue weighted by atomic mass is 10.1. The second-order valence-corrected chi connectivity index (χ2v) is 6.09. The summed E-state index contributed by atoms with van der Waals surface area (Å²) in [5, 5.41) is 15.6. The molecule has 1 aromatic carbocycles. The van der Waals surface area contributed by atoms with Crippen LogP contribution in [0, 0.1) is 0 Å². The lowest BCUT2D eigenvalue weighted by Gasteiger charge is -2.15. The number of hydrogen-bond donors (Lipinski definition) is 3. The molecule has 1 saturated heterocycles. The van der Waals surface area contributed by atoms with Crippen molar-refractivity contribution in [1.29, 1.82) is 0 Å². The van der Waals surface area contributed by atoms with Crippen LogP contribution in [0.3, 0.4) is 0 Å². The Hall–Kier alpha value is -1.43. The number of nitrogens with one attached hydrogen (secondary N) is 2. The van der Waals surface area contributed by atoms with Crippen molar-refractivity contribution in [3.05, 3.63) is 29.8 Å². The van der Waals surface area contributed by atoms with Crippen LogP contribution in [0.1, 0.15) is 44.6 Å². The summed E-state index contributed by atoms with van der Waals surface area (Å²) in [6.45, 7) is 4.27. The number of ether oxygens (including phenoxy) is 1. The SMILES string of the molecule is CCCCCCOCc1ccc(NC(=O)C2NCCC2O)cc1. The van der Waals surface area contributed by atoms with E-state index in [1.165, 1.54) is 19.3 Å². The Bertz CT molecular complexity index is 476. The molecule has 128 valence electrons. The summed E-state index contributed by atoms with van der Waals surface area (Å²) in [5.74, 6) is -0.185. The quantitative estimate of drug-likeness (QED) is 0.611. The molecule has 2 unspecified atom stereocenters. The van der Waals surface area contributed by atoms with Crippen molar-refractivity contribution in [2.75, 3.05) is 18.5 Å². The van der Waals surface area contributed by atoms with Crippen molar-refractivity contribution < 1.29 is 14.6 Å². The summed E-state index contributed by atoms with van der Waals surface area (Å²) in [6, 6.07) is 7.14. The minimum Gasteiger partial charge on any atom is -0.391 e. The zero-order valence-corrected chi connectivity index (χ0v) is 13.9. The number of unbranched alkanes of at least 4 members (excludes halogenated alkanes) is 3. The molecule has 2 rings (SSSR count). The van der Waals surface area contributed by atoms with Gasteiger partial charge in [-0.15, -0.1) is 0 Å². The Labute approximate surface area is 138 Å². The molecule has 1 amide bonds. The van der Waals surface area contributed by atoms with E-state index < -0.39 is 12.1 Å². The fourth-order valence-electron chi connectivity index (χ4n) is 2.68. The standard InChI is InChI=1S/C18H28N2O3/c1-2-3-4-5-12-23-13-14-6-8-15(9-7-14)20-18(22)17-16(21)10-11-19-17/h6-9,16-17,19,21H,2-5,10-13H2,1H3,(H,20,22). The Kier molecular flexibility index (Phi) is 7.52. The monoisotopic (exact) mass is 320 g/mol. The number of amides is 1. The van der Waals surface area contributed by atoms with Gasteiger partial charge in [0.15, 0.2) is 0 Å². The van der Waals surface area contributed by atoms with Crippen LogP contribution in [-0.4, -0.2) is 36.3 Å². The Morgan fingerprint density at radius 2 is 2.09 bits per heavy atom. The van der Waals surface area contributed by atoms with Gasteiger partial charge in [0.2, 0.25) is 5.91 Å². The van der Waals surface area contributed by atoms with E-state index in [9.17, 15) is 9.90 Å². The lowest BCUT2D eigenvalue weighted by Crippen LogP contribution is -2.42. The van der Waals surface area contributed by atoms with Gasteiger partial charge in [0.1, 0.15) is 6.04 Å². The number of anilines is 1. The Morgan fingerprint density at radius 3 is 2.74 bits per heavy atom. The highest BCUT2D eigenvalue weighted by Gasteiger charge is 2.30. The molecule has 0 radical (unpaired) electrons. The van der Waals surface area contributed by atoms with Gasteiger partial charge in [-0.25, -0.2) is 0 Å². The number of hydrogen-bond acceptors (Lipinski definition) is 4. The normalized spacial score (nSPS) is 20.6. The molecule has 0 saturated carbocycles. The topological polar surface area (TPSA) is 70.6 Å². The van der Waals surface area contributed by atoms with Crippen LogP contribution in [0.15, 0.2) is 24.3 Å². The van der Waals surface area contributed by atoms with Crippen LogP contribution in [0.5, 0.6) is 0 Å². The van der Waals surface area contributed by atoms with Gasteiger partial charge in [-0.05, 0) is 37.1 Å². The second kappa shape index (κ2) is 9.65. The van der Waals surface area contributed by atoms with Crippen molar-refractivity contribution in [3.63, 3.8) is 0 Å². The van der Waals surface area contributed by atoms with Crippen LogP contribution in [0.4, 0.5) is 5.69 Å². The molecule has 0 spiro atoms. The average Bonchev–Trinajstić information content (AvgIpc) is 2.98. The number of carbonyl (C=O) groups excluding carboxylic acids is 1. The first-order valence-electron chi connectivity index (χ1n) is 8.59. The van der Waals surface area contributed by atoms with E-state index in [1.54, 1.807) is 0 Å². The van der Waals surface area contributed by atoms with E-state index in [2.05, 4.69) is 17.6 Å². The molecule has 0 bridgehead atoms. The number of rotatable bonds is 9. The maximum Gasteiger partial charge on any atom is 0.244 e. The van der Waals surface area contributed by atoms with E-state index in [-0.39, 0.29) is 5.91 Å². The molecule has 23 heavy (non-hydrogen) atoms. The highest BCUT2D eigenvalue weighted by Crippen LogP contribution is 2.14. The van der Waals surface area contributed by atoms with Gasteiger partial charge in [0, 0.05) is 12.3 Å². The minimum absolute atomic E-state index is 0.185.